The monoisotopic (exact) mass is 503 g/mol. The molecule has 2 aliphatic rings. The van der Waals surface area contributed by atoms with Crippen molar-refractivity contribution in [1.82, 2.24) is 9.97 Å². The van der Waals surface area contributed by atoms with E-state index in [1.54, 1.807) is 13.3 Å². The van der Waals surface area contributed by atoms with Crippen LogP contribution in [0.4, 0.5) is 27.4 Å². The average molecular weight is 504 g/mol. The minimum atomic E-state index is -0.800. The highest BCUT2D eigenvalue weighted by Crippen LogP contribution is 2.32. The number of morpholine rings is 1. The van der Waals surface area contributed by atoms with Gasteiger partial charge < -0.3 is 41.2 Å². The number of nitrogens with one attached hydrogen (secondary N) is 2. The summed E-state index contributed by atoms with van der Waals surface area (Å²) >= 11 is 0. The summed E-state index contributed by atoms with van der Waals surface area (Å²) in [7, 11) is 1.60. The van der Waals surface area contributed by atoms with Crippen LogP contribution in [0.3, 0.4) is 0 Å². The number of aromatic nitrogens is 2. The number of nitrogens with zero attached hydrogens (tertiary/aromatic N) is 3. The van der Waals surface area contributed by atoms with E-state index in [0.717, 1.165) is 37.4 Å². The normalized spacial score (nSPS) is 20.1. The highest BCUT2D eigenvalue weighted by atomic mass is 19.1. The summed E-state index contributed by atoms with van der Waals surface area (Å²) in [6.07, 6.45) is 5.29. The number of amides is 1. The Balaban J connectivity index is 1.62. The minimum absolute atomic E-state index is 0.0192. The lowest BCUT2D eigenvalue weighted by atomic mass is 9.91. The molecule has 1 aliphatic heterocycles. The smallest absolute Gasteiger partial charge is 0.252 e. The topological polar surface area (TPSA) is 150 Å². The lowest BCUT2D eigenvalue weighted by molar-refractivity contribution is 0.100. The van der Waals surface area contributed by atoms with E-state index in [2.05, 4.69) is 25.5 Å². The van der Waals surface area contributed by atoms with Crippen LogP contribution in [-0.2, 0) is 9.47 Å². The second kappa shape index (κ2) is 12.2. The Hall–Kier alpha value is -3.22. The summed E-state index contributed by atoms with van der Waals surface area (Å²) in [4.78, 5) is 23.1. The summed E-state index contributed by atoms with van der Waals surface area (Å²) in [5.41, 5.74) is 13.0. The third kappa shape index (κ3) is 6.31. The fraction of sp³-hybridized carbons (Fsp3) is 0.542. The van der Waals surface area contributed by atoms with Gasteiger partial charge >= 0.3 is 0 Å². The number of anilines is 4. The molecule has 4 rings (SSSR count). The number of hydrogen-bond acceptors (Lipinski definition) is 10. The van der Waals surface area contributed by atoms with Gasteiger partial charge in [0.15, 0.2) is 11.6 Å². The van der Waals surface area contributed by atoms with Crippen molar-refractivity contribution in [2.45, 2.75) is 37.8 Å². The zero-order valence-electron chi connectivity index (χ0n) is 20.5. The van der Waals surface area contributed by atoms with E-state index < -0.39 is 11.7 Å². The van der Waals surface area contributed by atoms with Gasteiger partial charge in [0.25, 0.3) is 5.91 Å². The molecule has 0 spiro atoms. The van der Waals surface area contributed by atoms with Gasteiger partial charge in [0.1, 0.15) is 18.1 Å². The second-order valence-corrected chi connectivity index (χ2v) is 8.89. The third-order valence-electron chi connectivity index (χ3n) is 6.36. The molecule has 2 atom stereocenters. The molecule has 196 valence electrons. The molecule has 0 bridgehead atoms. The molecule has 3 heterocycles. The second-order valence-electron chi connectivity index (χ2n) is 8.89. The van der Waals surface area contributed by atoms with E-state index in [1.165, 1.54) is 0 Å². The average Bonchev–Trinajstić information content (AvgIpc) is 2.88. The van der Waals surface area contributed by atoms with Crippen molar-refractivity contribution < 1.29 is 23.4 Å². The Morgan fingerprint density at radius 3 is 2.72 bits per heavy atom. The van der Waals surface area contributed by atoms with E-state index in [-0.39, 0.29) is 29.3 Å². The van der Waals surface area contributed by atoms with Crippen molar-refractivity contribution >= 4 is 28.9 Å². The first kappa shape index (κ1) is 25.9. The molecule has 1 saturated heterocycles. The van der Waals surface area contributed by atoms with Crippen LogP contribution in [0.15, 0.2) is 18.3 Å². The molecule has 1 amide bonds. The van der Waals surface area contributed by atoms with Crippen LogP contribution >= 0.6 is 0 Å². The number of carbonyl (C=O) groups excluding carboxylic acids is 1. The summed E-state index contributed by atoms with van der Waals surface area (Å²) in [5.74, 6) is -0.869. The third-order valence-corrected chi connectivity index (χ3v) is 6.36. The Morgan fingerprint density at radius 1 is 1.22 bits per heavy atom. The number of primary amides is 1. The van der Waals surface area contributed by atoms with Gasteiger partial charge in [-0.2, -0.15) is 0 Å². The molecule has 0 unspecified atom stereocenters. The first-order valence-electron chi connectivity index (χ1n) is 12.2. The van der Waals surface area contributed by atoms with E-state index >= 15 is 0 Å². The van der Waals surface area contributed by atoms with Gasteiger partial charge in [0.05, 0.1) is 37.3 Å². The number of nitrogens with two attached hydrogens (primary N) is 2. The highest BCUT2D eigenvalue weighted by Gasteiger charge is 2.25. The quantitative estimate of drug-likeness (QED) is 0.355. The summed E-state index contributed by atoms with van der Waals surface area (Å²) in [5, 5.41) is 6.21. The Morgan fingerprint density at radius 2 is 2.00 bits per heavy atom. The van der Waals surface area contributed by atoms with Crippen molar-refractivity contribution in [3.63, 3.8) is 0 Å². The van der Waals surface area contributed by atoms with Crippen LogP contribution in [0.25, 0.3) is 0 Å². The minimum Gasteiger partial charge on any atom is -0.474 e. The van der Waals surface area contributed by atoms with Crippen molar-refractivity contribution in [3.05, 3.63) is 29.7 Å². The van der Waals surface area contributed by atoms with Crippen LogP contribution in [0.1, 0.15) is 36.0 Å². The maximum Gasteiger partial charge on any atom is 0.252 e. The number of methoxy groups -OCH3 is 1. The summed E-state index contributed by atoms with van der Waals surface area (Å²) in [6.45, 7) is 3.27. The molecule has 6 N–H and O–H groups in total. The summed E-state index contributed by atoms with van der Waals surface area (Å²) in [6, 6.07) is 2.73. The van der Waals surface area contributed by atoms with Crippen LogP contribution in [-0.4, -0.2) is 74.6 Å². The first-order valence-corrected chi connectivity index (χ1v) is 12.2. The van der Waals surface area contributed by atoms with Crippen LogP contribution in [0.5, 0.6) is 5.88 Å². The molecule has 1 saturated carbocycles. The molecule has 0 aromatic carbocycles. The number of hydrogen-bond donors (Lipinski definition) is 4. The van der Waals surface area contributed by atoms with Gasteiger partial charge in [-0.1, -0.05) is 12.8 Å². The van der Waals surface area contributed by atoms with Crippen molar-refractivity contribution in [2.75, 3.05) is 62.2 Å². The summed E-state index contributed by atoms with van der Waals surface area (Å²) < 4.78 is 31.2. The first-order chi connectivity index (χ1) is 17.5. The largest absolute Gasteiger partial charge is 0.474 e. The molecule has 36 heavy (non-hydrogen) atoms. The maximum absolute atomic E-state index is 14.9. The van der Waals surface area contributed by atoms with E-state index in [1.807, 2.05) is 6.07 Å². The van der Waals surface area contributed by atoms with E-state index in [9.17, 15) is 9.18 Å². The zero-order chi connectivity index (χ0) is 25.5. The number of rotatable bonds is 10. The van der Waals surface area contributed by atoms with Gasteiger partial charge in [-0.15, -0.1) is 0 Å². The van der Waals surface area contributed by atoms with E-state index in [0.29, 0.717) is 51.1 Å². The fourth-order valence-corrected chi connectivity index (χ4v) is 4.40. The molecule has 1 aliphatic carbocycles. The van der Waals surface area contributed by atoms with Crippen LogP contribution in [0.2, 0.25) is 0 Å². The highest BCUT2D eigenvalue weighted by molar-refractivity contribution is 5.98. The number of halogens is 1. The molecule has 12 heteroatoms. The molecule has 2 aromatic heterocycles. The van der Waals surface area contributed by atoms with Gasteiger partial charge in [0.2, 0.25) is 5.88 Å². The van der Waals surface area contributed by atoms with Crippen LogP contribution < -0.4 is 31.7 Å². The number of pyridine rings is 2. The van der Waals surface area contributed by atoms with Crippen molar-refractivity contribution in [2.24, 2.45) is 11.5 Å². The Kier molecular flexibility index (Phi) is 8.73. The van der Waals surface area contributed by atoms with Gasteiger partial charge in [-0.25, -0.2) is 14.4 Å². The molecule has 2 fully saturated rings. The number of ether oxygens (including phenoxy) is 3. The van der Waals surface area contributed by atoms with Gasteiger partial charge in [0, 0.05) is 32.3 Å². The predicted octanol–water partition coefficient (Wildman–Crippen LogP) is 2.00. The SMILES string of the molecule is COCCOc1ncc(Nc2nc(N[C@@H]3CCCC[C@@H]3N)c(F)cc2C(N)=O)cc1N1CCOCC1. The molecule has 11 nitrogen and oxygen atoms in total. The predicted molar refractivity (Wildman–Crippen MR) is 134 cm³/mol. The zero-order valence-corrected chi connectivity index (χ0v) is 20.5. The maximum atomic E-state index is 14.9. The molecular weight excluding hydrogens is 469 g/mol. The number of carbonyl (C=O) groups is 1. The van der Waals surface area contributed by atoms with E-state index in [4.69, 9.17) is 25.7 Å². The fourth-order valence-electron chi connectivity index (χ4n) is 4.40. The lowest BCUT2D eigenvalue weighted by Crippen LogP contribution is -2.43. The standard InChI is InChI=1S/C24H34FN7O4/c1-34-10-11-36-24-20(32-6-8-35-9-7-32)12-15(14-28-24)29-22-16(21(27)33)13-17(25)23(31-22)30-19-5-3-2-4-18(19)26/h12-14,18-19H,2-11,26H2,1H3,(H2,27,33)(H2,29,30,31)/t18-,19+/m0/s1. The lowest BCUT2D eigenvalue weighted by Gasteiger charge is -2.30. The molecule has 2 aromatic rings. The van der Waals surface area contributed by atoms with Crippen LogP contribution in [0, 0.1) is 5.82 Å². The van der Waals surface area contributed by atoms with Gasteiger partial charge in [-0.3, -0.25) is 4.79 Å². The molecule has 0 radical (unpaired) electrons. The Labute approximate surface area is 209 Å². The Bertz CT molecular complexity index is 1050. The van der Waals surface area contributed by atoms with Crippen molar-refractivity contribution in [1.29, 1.82) is 0 Å². The molecular formula is C24H34FN7O4. The van der Waals surface area contributed by atoms with Gasteiger partial charge in [-0.05, 0) is 25.0 Å². The van der Waals surface area contributed by atoms with Crippen molar-refractivity contribution in [3.8, 4) is 5.88 Å².